The second-order valence-electron chi connectivity index (χ2n) is 3.98. The van der Waals surface area contributed by atoms with Crippen LogP contribution in [-0.2, 0) is 0 Å². The lowest BCUT2D eigenvalue weighted by Crippen LogP contribution is -2.29. The van der Waals surface area contributed by atoms with Crippen molar-refractivity contribution in [3.05, 3.63) is 64.2 Å². The molecule has 1 heterocycles. The molecule has 1 atom stereocenters. The predicted molar refractivity (Wildman–Crippen MR) is 69.6 cm³/mol. The molecule has 3 nitrogen and oxygen atoms in total. The number of aryl methyl sites for hydroxylation is 1. The molecule has 0 spiro atoms. The van der Waals surface area contributed by atoms with E-state index in [1.165, 1.54) is 6.07 Å². The fourth-order valence-corrected chi connectivity index (χ4v) is 1.99. The number of hydrogen-bond acceptors (Lipinski definition) is 3. The molecule has 2 aromatic rings. The van der Waals surface area contributed by atoms with Crippen LogP contribution in [0.3, 0.4) is 0 Å². The average molecular weight is 266 g/mol. The SMILES string of the molecule is Cc1ccc(C(NN)c2cccc(F)c2Cl)cn1. The highest BCUT2D eigenvalue weighted by molar-refractivity contribution is 6.31. The zero-order valence-corrected chi connectivity index (χ0v) is 10.6. The van der Waals surface area contributed by atoms with E-state index in [2.05, 4.69) is 10.4 Å². The summed E-state index contributed by atoms with van der Waals surface area (Å²) in [5.41, 5.74) is 4.95. The second-order valence-corrected chi connectivity index (χ2v) is 4.35. The molecule has 94 valence electrons. The van der Waals surface area contributed by atoms with Crippen molar-refractivity contribution >= 4 is 11.6 Å². The maximum Gasteiger partial charge on any atom is 0.142 e. The minimum atomic E-state index is -0.463. The number of hydrogen-bond donors (Lipinski definition) is 2. The Hall–Kier alpha value is -1.49. The van der Waals surface area contributed by atoms with Gasteiger partial charge in [-0.15, -0.1) is 0 Å². The summed E-state index contributed by atoms with van der Waals surface area (Å²) in [6, 6.07) is 8.01. The van der Waals surface area contributed by atoms with Gasteiger partial charge in [0.1, 0.15) is 5.82 Å². The first-order chi connectivity index (χ1) is 8.63. The Bertz CT molecular complexity index is 542. The minimum Gasteiger partial charge on any atom is -0.271 e. The van der Waals surface area contributed by atoms with Crippen molar-refractivity contribution in [1.29, 1.82) is 0 Å². The first-order valence-corrected chi connectivity index (χ1v) is 5.84. The molecule has 0 aliphatic heterocycles. The van der Waals surface area contributed by atoms with Crippen LogP contribution in [0.1, 0.15) is 22.9 Å². The Morgan fingerprint density at radius 2 is 2.11 bits per heavy atom. The van der Waals surface area contributed by atoms with Gasteiger partial charge in [-0.25, -0.2) is 9.82 Å². The van der Waals surface area contributed by atoms with Crippen LogP contribution in [-0.4, -0.2) is 4.98 Å². The molecule has 1 aromatic carbocycles. The molecule has 0 amide bonds. The van der Waals surface area contributed by atoms with Gasteiger partial charge in [-0.3, -0.25) is 10.8 Å². The third kappa shape index (κ3) is 2.51. The van der Waals surface area contributed by atoms with Gasteiger partial charge in [0.25, 0.3) is 0 Å². The summed E-state index contributed by atoms with van der Waals surface area (Å²) in [4.78, 5) is 4.19. The molecule has 2 rings (SSSR count). The van der Waals surface area contributed by atoms with Crippen LogP contribution in [0.15, 0.2) is 36.5 Å². The molecular formula is C13H13ClFN3. The third-order valence-corrected chi connectivity index (χ3v) is 3.13. The highest BCUT2D eigenvalue weighted by atomic mass is 35.5. The Labute approximate surface area is 110 Å². The van der Waals surface area contributed by atoms with E-state index in [0.29, 0.717) is 5.56 Å². The molecule has 0 bridgehead atoms. The number of pyridine rings is 1. The summed E-state index contributed by atoms with van der Waals surface area (Å²) in [6.45, 7) is 1.89. The highest BCUT2D eigenvalue weighted by Gasteiger charge is 2.17. The fourth-order valence-electron chi connectivity index (χ4n) is 1.76. The summed E-state index contributed by atoms with van der Waals surface area (Å²) in [7, 11) is 0. The maximum absolute atomic E-state index is 13.4. The minimum absolute atomic E-state index is 0.0704. The third-order valence-electron chi connectivity index (χ3n) is 2.73. The van der Waals surface area contributed by atoms with E-state index in [4.69, 9.17) is 17.4 Å². The van der Waals surface area contributed by atoms with Gasteiger partial charge < -0.3 is 0 Å². The van der Waals surface area contributed by atoms with E-state index in [1.54, 1.807) is 18.3 Å². The van der Waals surface area contributed by atoms with Gasteiger partial charge in [-0.05, 0) is 30.2 Å². The van der Waals surface area contributed by atoms with Crippen LogP contribution in [0.2, 0.25) is 5.02 Å². The topological polar surface area (TPSA) is 50.9 Å². The summed E-state index contributed by atoms with van der Waals surface area (Å²) >= 11 is 5.96. The average Bonchev–Trinajstić information content (AvgIpc) is 2.37. The van der Waals surface area contributed by atoms with E-state index >= 15 is 0 Å². The zero-order valence-electron chi connectivity index (χ0n) is 9.82. The van der Waals surface area contributed by atoms with Gasteiger partial charge >= 0.3 is 0 Å². The zero-order chi connectivity index (χ0) is 13.1. The van der Waals surface area contributed by atoms with Crippen LogP contribution in [0.4, 0.5) is 4.39 Å². The van der Waals surface area contributed by atoms with Crippen molar-refractivity contribution in [2.75, 3.05) is 0 Å². The number of aromatic nitrogens is 1. The number of benzene rings is 1. The summed E-state index contributed by atoms with van der Waals surface area (Å²) < 4.78 is 13.4. The number of hydrazine groups is 1. The van der Waals surface area contributed by atoms with Gasteiger partial charge in [0.05, 0.1) is 11.1 Å². The molecule has 0 radical (unpaired) electrons. The van der Waals surface area contributed by atoms with Gasteiger partial charge in [0, 0.05) is 11.9 Å². The monoisotopic (exact) mass is 265 g/mol. The Morgan fingerprint density at radius 3 is 2.72 bits per heavy atom. The molecule has 0 saturated carbocycles. The fraction of sp³-hybridized carbons (Fsp3) is 0.154. The van der Waals surface area contributed by atoms with Crippen LogP contribution >= 0.6 is 11.6 Å². The standard InChI is InChI=1S/C13H13ClFN3/c1-8-5-6-9(7-17-8)13(18-16)10-3-2-4-11(15)12(10)14/h2-7,13,18H,16H2,1H3. The molecule has 5 heteroatoms. The summed E-state index contributed by atoms with van der Waals surface area (Å²) in [5.74, 6) is 5.07. The number of nitrogens with two attached hydrogens (primary N) is 1. The number of nitrogens with one attached hydrogen (secondary N) is 1. The molecular weight excluding hydrogens is 253 g/mol. The van der Waals surface area contributed by atoms with Gasteiger partial charge in [-0.2, -0.15) is 0 Å². The maximum atomic E-state index is 13.4. The molecule has 1 unspecified atom stereocenters. The lowest BCUT2D eigenvalue weighted by Gasteiger charge is -2.18. The van der Waals surface area contributed by atoms with Crippen LogP contribution in [0, 0.1) is 12.7 Å². The van der Waals surface area contributed by atoms with Crippen molar-refractivity contribution in [1.82, 2.24) is 10.4 Å². The van der Waals surface area contributed by atoms with Crippen LogP contribution in [0.5, 0.6) is 0 Å². The van der Waals surface area contributed by atoms with Crippen molar-refractivity contribution in [3.8, 4) is 0 Å². The van der Waals surface area contributed by atoms with Crippen molar-refractivity contribution in [2.45, 2.75) is 13.0 Å². The summed E-state index contributed by atoms with van der Waals surface area (Å²) in [6.07, 6.45) is 1.70. The Morgan fingerprint density at radius 1 is 1.33 bits per heavy atom. The van der Waals surface area contributed by atoms with Crippen molar-refractivity contribution in [3.63, 3.8) is 0 Å². The molecule has 0 aliphatic rings. The molecule has 18 heavy (non-hydrogen) atoms. The van der Waals surface area contributed by atoms with Gasteiger partial charge in [0.2, 0.25) is 0 Å². The van der Waals surface area contributed by atoms with E-state index < -0.39 is 5.82 Å². The normalized spacial score (nSPS) is 12.4. The first kappa shape index (κ1) is 13.0. The van der Waals surface area contributed by atoms with Crippen molar-refractivity contribution in [2.24, 2.45) is 5.84 Å². The number of nitrogens with zero attached hydrogens (tertiary/aromatic N) is 1. The number of halogens is 2. The van der Waals surface area contributed by atoms with E-state index in [-0.39, 0.29) is 11.1 Å². The Balaban J connectivity index is 2.45. The second kappa shape index (κ2) is 5.44. The quantitative estimate of drug-likeness (QED) is 0.663. The lowest BCUT2D eigenvalue weighted by molar-refractivity contribution is 0.605. The van der Waals surface area contributed by atoms with E-state index in [1.807, 2.05) is 19.1 Å². The molecule has 0 aliphatic carbocycles. The van der Waals surface area contributed by atoms with E-state index in [9.17, 15) is 4.39 Å². The highest BCUT2D eigenvalue weighted by Crippen LogP contribution is 2.29. The Kier molecular flexibility index (Phi) is 3.91. The first-order valence-electron chi connectivity index (χ1n) is 5.46. The number of rotatable bonds is 3. The van der Waals surface area contributed by atoms with Crippen LogP contribution in [0.25, 0.3) is 0 Å². The predicted octanol–water partition coefficient (Wildman–Crippen LogP) is 2.74. The smallest absolute Gasteiger partial charge is 0.142 e. The molecule has 0 saturated heterocycles. The lowest BCUT2D eigenvalue weighted by atomic mass is 10.0. The van der Waals surface area contributed by atoms with Gasteiger partial charge in [0.15, 0.2) is 0 Å². The molecule has 3 N–H and O–H groups in total. The van der Waals surface area contributed by atoms with Crippen LogP contribution < -0.4 is 11.3 Å². The van der Waals surface area contributed by atoms with E-state index in [0.717, 1.165) is 11.3 Å². The largest absolute Gasteiger partial charge is 0.271 e. The van der Waals surface area contributed by atoms with Crippen molar-refractivity contribution < 1.29 is 4.39 Å². The molecule has 1 aromatic heterocycles. The van der Waals surface area contributed by atoms with Gasteiger partial charge in [-0.1, -0.05) is 29.8 Å². The molecule has 0 fully saturated rings. The summed E-state index contributed by atoms with van der Waals surface area (Å²) in [5, 5.41) is 0.0704.